The summed E-state index contributed by atoms with van der Waals surface area (Å²) in [5.41, 5.74) is -1.56. The molecule has 28 heavy (non-hydrogen) atoms. The Hall–Kier alpha value is -2.01. The lowest BCUT2D eigenvalue weighted by molar-refractivity contribution is 0.143. The molecular formula is C17H21BrF2N4O3S. The van der Waals surface area contributed by atoms with Crippen LogP contribution in [-0.4, -0.2) is 32.6 Å². The van der Waals surface area contributed by atoms with E-state index in [0.29, 0.717) is 12.4 Å². The number of amides is 1. The van der Waals surface area contributed by atoms with E-state index >= 15 is 0 Å². The number of rotatable bonds is 6. The Bertz CT molecular complexity index is 939. The van der Waals surface area contributed by atoms with E-state index in [4.69, 9.17) is 4.74 Å². The van der Waals surface area contributed by atoms with Crippen LogP contribution in [0.5, 0.6) is 0 Å². The molecule has 0 unspecified atom stereocenters. The van der Waals surface area contributed by atoms with Crippen LogP contribution >= 0.6 is 27.3 Å². The van der Waals surface area contributed by atoms with Gasteiger partial charge in [-0.3, -0.25) is 4.57 Å². The Morgan fingerprint density at radius 3 is 2.57 bits per heavy atom. The highest BCUT2D eigenvalue weighted by Crippen LogP contribution is 2.22. The molecule has 2 aromatic heterocycles. The van der Waals surface area contributed by atoms with Gasteiger partial charge >= 0.3 is 11.8 Å². The zero-order chi connectivity index (χ0) is 21.1. The summed E-state index contributed by atoms with van der Waals surface area (Å²) in [4.78, 5) is 25.2. The van der Waals surface area contributed by atoms with Gasteiger partial charge in [-0.2, -0.15) is 13.9 Å². The maximum Gasteiger partial charge on any atom is 0.407 e. The fourth-order valence-corrected chi connectivity index (χ4v) is 3.73. The minimum absolute atomic E-state index is 0.294. The molecule has 0 aliphatic carbocycles. The van der Waals surface area contributed by atoms with Gasteiger partial charge in [0.1, 0.15) is 12.4 Å². The predicted molar refractivity (Wildman–Crippen MR) is 106 cm³/mol. The monoisotopic (exact) mass is 478 g/mol. The second-order valence-electron chi connectivity index (χ2n) is 7.09. The summed E-state index contributed by atoms with van der Waals surface area (Å²) in [6, 6.07) is 3.73. The van der Waals surface area contributed by atoms with Crippen molar-refractivity contribution >= 4 is 33.4 Å². The van der Waals surface area contributed by atoms with Crippen LogP contribution in [-0.2, 0) is 17.8 Å². The molecule has 0 aromatic carbocycles. The molecular weight excluding hydrogens is 458 g/mol. The molecule has 1 N–H and O–H groups in total. The first kappa shape index (κ1) is 22.3. The number of aromatic nitrogens is 3. The minimum Gasteiger partial charge on any atom is -0.445 e. The van der Waals surface area contributed by atoms with Crippen molar-refractivity contribution in [1.29, 1.82) is 0 Å². The molecule has 0 saturated heterocycles. The zero-order valence-corrected chi connectivity index (χ0v) is 18.3. The fraction of sp³-hybridized carbons (Fsp3) is 0.471. The summed E-state index contributed by atoms with van der Waals surface area (Å²) < 4.78 is 34.7. The minimum atomic E-state index is -2.01. The lowest BCUT2D eigenvalue weighted by Gasteiger charge is -2.20. The Kier molecular flexibility index (Phi) is 7.16. The van der Waals surface area contributed by atoms with Crippen LogP contribution in [0, 0.1) is 6.92 Å². The van der Waals surface area contributed by atoms with Crippen molar-refractivity contribution in [3.8, 4) is 0 Å². The van der Waals surface area contributed by atoms with Crippen molar-refractivity contribution in [2.24, 2.45) is 0 Å². The van der Waals surface area contributed by atoms with E-state index in [2.05, 4.69) is 26.3 Å². The quantitative estimate of drug-likeness (QED) is 0.682. The highest BCUT2D eigenvalue weighted by molar-refractivity contribution is 9.11. The van der Waals surface area contributed by atoms with Gasteiger partial charge in [0.15, 0.2) is 0 Å². The molecule has 1 amide bonds. The van der Waals surface area contributed by atoms with Crippen molar-refractivity contribution in [2.75, 3.05) is 6.61 Å². The second-order valence-corrected chi connectivity index (χ2v) is 9.64. The normalized spacial score (nSPS) is 11.4. The lowest BCUT2D eigenvalue weighted by Crippen LogP contribution is -2.41. The largest absolute Gasteiger partial charge is 0.445 e. The number of nitrogens with one attached hydrogen (secondary N) is 1. The molecule has 2 heterocycles. The van der Waals surface area contributed by atoms with Gasteiger partial charge in [-0.15, -0.1) is 11.3 Å². The van der Waals surface area contributed by atoms with Gasteiger partial charge in [-0.1, -0.05) is 0 Å². The standard InChI is InChI=1S/C17H21BrF2N4O3S/c1-10-22-24(16(26)23(10)8-12-5-6-13(18)28-12)7-11(14(19)20)9-27-15(25)21-17(2,3)4/h5-6H,7-9H2,1-4H3,(H,21,25). The molecule has 0 aliphatic heterocycles. The van der Waals surface area contributed by atoms with E-state index < -0.39 is 42.1 Å². The first-order valence-electron chi connectivity index (χ1n) is 8.32. The zero-order valence-electron chi connectivity index (χ0n) is 15.9. The Balaban J connectivity index is 2.11. The van der Waals surface area contributed by atoms with Crippen LogP contribution in [0.15, 0.2) is 32.4 Å². The average Bonchev–Trinajstić information content (AvgIpc) is 3.07. The number of aryl methyl sites for hydroxylation is 1. The van der Waals surface area contributed by atoms with Crippen molar-refractivity contribution in [3.63, 3.8) is 0 Å². The van der Waals surface area contributed by atoms with Gasteiger partial charge in [-0.05, 0) is 55.8 Å². The van der Waals surface area contributed by atoms with Crippen LogP contribution in [0.2, 0.25) is 0 Å². The highest BCUT2D eigenvalue weighted by atomic mass is 79.9. The van der Waals surface area contributed by atoms with Gasteiger partial charge in [0, 0.05) is 10.4 Å². The van der Waals surface area contributed by atoms with Gasteiger partial charge < -0.3 is 10.1 Å². The molecule has 154 valence electrons. The summed E-state index contributed by atoms with van der Waals surface area (Å²) in [6.45, 7) is 6.03. The number of hydrogen-bond acceptors (Lipinski definition) is 5. The highest BCUT2D eigenvalue weighted by Gasteiger charge is 2.19. The first-order valence-corrected chi connectivity index (χ1v) is 9.93. The van der Waals surface area contributed by atoms with E-state index in [-0.39, 0.29) is 0 Å². The summed E-state index contributed by atoms with van der Waals surface area (Å²) in [5, 5.41) is 6.57. The summed E-state index contributed by atoms with van der Waals surface area (Å²) in [5.74, 6) is 0.402. The van der Waals surface area contributed by atoms with Crippen LogP contribution in [0.3, 0.4) is 0 Å². The van der Waals surface area contributed by atoms with Crippen LogP contribution in [0.25, 0.3) is 0 Å². The van der Waals surface area contributed by atoms with Gasteiger partial charge in [0.25, 0.3) is 6.08 Å². The van der Waals surface area contributed by atoms with E-state index in [1.165, 1.54) is 15.9 Å². The summed E-state index contributed by atoms with van der Waals surface area (Å²) in [6.07, 6.45) is -2.83. The third-order valence-electron chi connectivity index (χ3n) is 3.51. The van der Waals surface area contributed by atoms with Crippen LogP contribution in [0.4, 0.5) is 13.6 Å². The molecule has 0 fully saturated rings. The van der Waals surface area contributed by atoms with Crippen LogP contribution < -0.4 is 11.0 Å². The van der Waals surface area contributed by atoms with Crippen molar-refractivity contribution in [1.82, 2.24) is 19.7 Å². The number of alkyl carbamates (subject to hydrolysis) is 1. The Morgan fingerprint density at radius 2 is 2.04 bits per heavy atom. The number of carbonyl (C=O) groups is 1. The Morgan fingerprint density at radius 1 is 1.36 bits per heavy atom. The number of thiophene rings is 1. The smallest absolute Gasteiger partial charge is 0.407 e. The van der Waals surface area contributed by atoms with Crippen molar-refractivity contribution in [3.05, 3.63) is 48.8 Å². The summed E-state index contributed by atoms with van der Waals surface area (Å²) >= 11 is 4.83. The summed E-state index contributed by atoms with van der Waals surface area (Å²) in [7, 11) is 0. The van der Waals surface area contributed by atoms with Crippen molar-refractivity contribution in [2.45, 2.75) is 46.3 Å². The molecule has 0 aliphatic rings. The number of nitrogens with zero attached hydrogens (tertiary/aromatic N) is 3. The van der Waals surface area contributed by atoms with Gasteiger partial charge in [-0.25, -0.2) is 14.3 Å². The maximum absolute atomic E-state index is 13.3. The molecule has 0 radical (unpaired) electrons. The molecule has 0 spiro atoms. The van der Waals surface area contributed by atoms with E-state index in [0.717, 1.165) is 13.3 Å². The fourth-order valence-electron chi connectivity index (χ4n) is 2.26. The number of ether oxygens (including phenoxy) is 1. The molecule has 0 atom stereocenters. The molecule has 2 aromatic rings. The van der Waals surface area contributed by atoms with E-state index in [1.807, 2.05) is 12.1 Å². The number of carbonyl (C=O) groups excluding carboxylic acids is 1. The third-order valence-corrected chi connectivity index (χ3v) is 5.12. The predicted octanol–water partition coefficient (Wildman–Crippen LogP) is 3.90. The number of hydrogen-bond donors (Lipinski definition) is 1. The van der Waals surface area contributed by atoms with E-state index in [9.17, 15) is 18.4 Å². The Labute approximate surface area is 173 Å². The molecule has 2 rings (SSSR count). The molecule has 7 nitrogen and oxygen atoms in total. The second kappa shape index (κ2) is 8.99. The first-order chi connectivity index (χ1) is 13.0. The van der Waals surface area contributed by atoms with Gasteiger partial charge in [0.2, 0.25) is 0 Å². The molecule has 0 saturated carbocycles. The average molecular weight is 479 g/mol. The third kappa shape index (κ3) is 6.26. The SMILES string of the molecule is Cc1nn(CC(COC(=O)NC(C)(C)C)=C(F)F)c(=O)n1Cc1ccc(Br)s1. The molecule has 11 heteroatoms. The maximum atomic E-state index is 13.3. The van der Waals surface area contributed by atoms with Crippen LogP contribution in [0.1, 0.15) is 31.5 Å². The topological polar surface area (TPSA) is 78.2 Å². The van der Waals surface area contributed by atoms with Gasteiger partial charge in [0.05, 0.1) is 22.4 Å². The van der Waals surface area contributed by atoms with E-state index in [1.54, 1.807) is 27.7 Å². The van der Waals surface area contributed by atoms with Crippen molar-refractivity contribution < 1.29 is 18.3 Å². The lowest BCUT2D eigenvalue weighted by atomic mass is 10.1. The number of halogens is 3. The molecule has 0 bridgehead atoms.